The minimum atomic E-state index is 0. The molecule has 0 heterocycles. The highest BCUT2D eigenvalue weighted by Crippen LogP contribution is 2.23. The van der Waals surface area contributed by atoms with Crippen LogP contribution in [0.25, 0.3) is 0 Å². The minimum absolute atomic E-state index is 0. The van der Waals surface area contributed by atoms with E-state index < -0.39 is 0 Å². The molecule has 0 aliphatic heterocycles. The number of rotatable bonds is 5. The largest absolute Gasteiger partial charge is 0.357 e. The van der Waals surface area contributed by atoms with Gasteiger partial charge in [0.2, 0.25) is 0 Å². The van der Waals surface area contributed by atoms with E-state index in [0.29, 0.717) is 6.04 Å². The first-order valence-corrected chi connectivity index (χ1v) is 8.20. The molecule has 0 saturated heterocycles. The van der Waals surface area contributed by atoms with Gasteiger partial charge in [-0.1, -0.05) is 6.92 Å². The molecule has 5 heteroatoms. The van der Waals surface area contributed by atoms with E-state index in [4.69, 9.17) is 0 Å². The van der Waals surface area contributed by atoms with Gasteiger partial charge in [0.15, 0.2) is 5.96 Å². The van der Waals surface area contributed by atoms with Crippen molar-refractivity contribution in [3.8, 4) is 0 Å². The summed E-state index contributed by atoms with van der Waals surface area (Å²) in [6, 6.07) is 0.597. The van der Waals surface area contributed by atoms with Crippen LogP contribution in [0, 0.1) is 5.92 Å². The summed E-state index contributed by atoms with van der Waals surface area (Å²) in [5.41, 5.74) is 0.167. The number of hydrogen-bond acceptors (Lipinski definition) is 2. The van der Waals surface area contributed by atoms with Gasteiger partial charge < -0.3 is 16.0 Å². The van der Waals surface area contributed by atoms with Gasteiger partial charge in [-0.05, 0) is 59.3 Å². The van der Waals surface area contributed by atoms with Gasteiger partial charge in [-0.25, -0.2) is 0 Å². The van der Waals surface area contributed by atoms with E-state index in [9.17, 15) is 0 Å². The molecule has 0 unspecified atom stereocenters. The number of aliphatic imine (C=N–C) groups is 1. The highest BCUT2D eigenvalue weighted by atomic mass is 127. The molecule has 0 aromatic carbocycles. The molecule has 0 atom stereocenters. The summed E-state index contributed by atoms with van der Waals surface area (Å²) in [6.07, 6.45) is 5.21. The van der Waals surface area contributed by atoms with Gasteiger partial charge in [-0.2, -0.15) is 0 Å². The first kappa shape index (κ1) is 21.0. The molecule has 0 amide bonds. The lowest BCUT2D eigenvalue weighted by Crippen LogP contribution is -2.45. The van der Waals surface area contributed by atoms with Crippen molar-refractivity contribution in [2.75, 3.05) is 19.6 Å². The van der Waals surface area contributed by atoms with Gasteiger partial charge in [0, 0.05) is 24.7 Å². The highest BCUT2D eigenvalue weighted by molar-refractivity contribution is 14.0. The predicted molar refractivity (Wildman–Crippen MR) is 104 cm³/mol. The number of guanidine groups is 1. The van der Waals surface area contributed by atoms with Gasteiger partial charge in [-0.3, -0.25) is 4.99 Å². The maximum atomic E-state index is 4.66. The number of nitrogens with one attached hydrogen (secondary N) is 3. The molecule has 4 nitrogen and oxygen atoms in total. The molecule has 126 valence electrons. The van der Waals surface area contributed by atoms with Crippen LogP contribution in [0.2, 0.25) is 0 Å². The average Bonchev–Trinajstić information content (AvgIpc) is 2.36. The Morgan fingerprint density at radius 2 is 1.76 bits per heavy atom. The summed E-state index contributed by atoms with van der Waals surface area (Å²) in [7, 11) is 0. The smallest absolute Gasteiger partial charge is 0.191 e. The normalized spacial score (nSPS) is 23.4. The molecule has 0 bridgehead atoms. The molecule has 1 aliphatic rings. The van der Waals surface area contributed by atoms with Gasteiger partial charge >= 0.3 is 0 Å². The Balaban J connectivity index is 0.00000400. The maximum absolute atomic E-state index is 4.66. The molecule has 1 rings (SSSR count). The molecule has 3 N–H and O–H groups in total. The standard InChI is InChI=1S/C16H34N4.HI/c1-6-17-15(18-11-12-19-16(3,4)5)20-14-9-7-13(2)8-10-14;/h13-14,19H,6-12H2,1-5H3,(H2,17,18,20);1H. The summed E-state index contributed by atoms with van der Waals surface area (Å²) in [5, 5.41) is 10.4. The Kier molecular flexibility index (Phi) is 10.6. The van der Waals surface area contributed by atoms with Gasteiger partial charge in [0.25, 0.3) is 0 Å². The number of halogens is 1. The zero-order chi connectivity index (χ0) is 15.0. The lowest BCUT2D eigenvalue weighted by Gasteiger charge is -2.28. The molecule has 0 aromatic rings. The van der Waals surface area contributed by atoms with Crippen LogP contribution in [0.1, 0.15) is 60.3 Å². The average molecular weight is 410 g/mol. The van der Waals surface area contributed by atoms with Crippen LogP contribution < -0.4 is 16.0 Å². The van der Waals surface area contributed by atoms with Crippen molar-refractivity contribution in [2.24, 2.45) is 10.9 Å². The second-order valence-electron chi connectivity index (χ2n) is 7.04. The van der Waals surface area contributed by atoms with E-state index in [0.717, 1.165) is 31.5 Å². The molecule has 0 aromatic heterocycles. The van der Waals surface area contributed by atoms with Crippen molar-refractivity contribution in [1.82, 2.24) is 16.0 Å². The number of nitrogens with zero attached hydrogens (tertiary/aromatic N) is 1. The summed E-state index contributed by atoms with van der Waals surface area (Å²) in [5.74, 6) is 1.87. The van der Waals surface area contributed by atoms with Crippen molar-refractivity contribution in [2.45, 2.75) is 71.9 Å². The fraction of sp³-hybridized carbons (Fsp3) is 0.938. The SMILES string of the molecule is CCNC(=NCCNC(C)(C)C)NC1CCC(C)CC1.I. The lowest BCUT2D eigenvalue weighted by atomic mass is 9.87. The molecular weight excluding hydrogens is 375 g/mol. The van der Waals surface area contributed by atoms with Crippen molar-refractivity contribution in [1.29, 1.82) is 0 Å². The number of hydrogen-bond donors (Lipinski definition) is 3. The van der Waals surface area contributed by atoms with E-state index in [1.165, 1.54) is 25.7 Å². The van der Waals surface area contributed by atoms with Gasteiger partial charge in [-0.15, -0.1) is 24.0 Å². The summed E-state index contributed by atoms with van der Waals surface area (Å²) in [4.78, 5) is 4.66. The van der Waals surface area contributed by atoms with Crippen LogP contribution in [-0.4, -0.2) is 37.2 Å². The fourth-order valence-corrected chi connectivity index (χ4v) is 2.52. The first-order chi connectivity index (χ1) is 9.40. The maximum Gasteiger partial charge on any atom is 0.191 e. The van der Waals surface area contributed by atoms with E-state index in [-0.39, 0.29) is 29.5 Å². The second-order valence-corrected chi connectivity index (χ2v) is 7.04. The van der Waals surface area contributed by atoms with Crippen molar-refractivity contribution in [3.63, 3.8) is 0 Å². The molecule has 1 aliphatic carbocycles. The Morgan fingerprint density at radius 3 is 2.29 bits per heavy atom. The Hall–Kier alpha value is -0.0400. The zero-order valence-corrected chi connectivity index (χ0v) is 16.8. The zero-order valence-electron chi connectivity index (χ0n) is 14.5. The van der Waals surface area contributed by atoms with Crippen LogP contribution in [0.3, 0.4) is 0 Å². The van der Waals surface area contributed by atoms with Crippen molar-refractivity contribution in [3.05, 3.63) is 0 Å². The van der Waals surface area contributed by atoms with Gasteiger partial charge in [0.1, 0.15) is 0 Å². The van der Waals surface area contributed by atoms with Crippen LogP contribution >= 0.6 is 24.0 Å². The van der Waals surface area contributed by atoms with Gasteiger partial charge in [0.05, 0.1) is 6.54 Å². The highest BCUT2D eigenvalue weighted by Gasteiger charge is 2.18. The minimum Gasteiger partial charge on any atom is -0.357 e. The van der Waals surface area contributed by atoms with Crippen molar-refractivity contribution < 1.29 is 0 Å². The molecule has 1 fully saturated rings. The van der Waals surface area contributed by atoms with Crippen LogP contribution in [0.4, 0.5) is 0 Å². The Labute approximate surface area is 148 Å². The van der Waals surface area contributed by atoms with Crippen molar-refractivity contribution >= 4 is 29.9 Å². The summed E-state index contributed by atoms with van der Waals surface area (Å²) < 4.78 is 0. The summed E-state index contributed by atoms with van der Waals surface area (Å²) >= 11 is 0. The van der Waals surface area contributed by atoms with Crippen LogP contribution in [0.5, 0.6) is 0 Å². The van der Waals surface area contributed by atoms with E-state index in [1.807, 2.05) is 0 Å². The third-order valence-corrected chi connectivity index (χ3v) is 3.74. The lowest BCUT2D eigenvalue weighted by molar-refractivity contribution is 0.329. The summed E-state index contributed by atoms with van der Waals surface area (Å²) in [6.45, 7) is 13.7. The third kappa shape index (κ3) is 10.3. The molecule has 0 spiro atoms. The van der Waals surface area contributed by atoms with E-state index >= 15 is 0 Å². The molecular formula is C16H35IN4. The molecule has 21 heavy (non-hydrogen) atoms. The topological polar surface area (TPSA) is 48.5 Å². The Morgan fingerprint density at radius 1 is 1.14 bits per heavy atom. The van der Waals surface area contributed by atoms with E-state index in [2.05, 4.69) is 55.6 Å². The second kappa shape index (κ2) is 10.6. The molecule has 1 saturated carbocycles. The Bertz CT molecular complexity index is 291. The van der Waals surface area contributed by atoms with Crippen LogP contribution in [-0.2, 0) is 0 Å². The van der Waals surface area contributed by atoms with Crippen LogP contribution in [0.15, 0.2) is 4.99 Å². The quantitative estimate of drug-likeness (QED) is 0.283. The third-order valence-electron chi connectivity index (χ3n) is 3.74. The monoisotopic (exact) mass is 410 g/mol. The molecule has 0 radical (unpaired) electrons. The fourth-order valence-electron chi connectivity index (χ4n) is 2.52. The van der Waals surface area contributed by atoms with E-state index in [1.54, 1.807) is 0 Å². The predicted octanol–water partition coefficient (Wildman–Crippen LogP) is 3.13. The first-order valence-electron chi connectivity index (χ1n) is 8.20.